The van der Waals surface area contributed by atoms with Gasteiger partial charge in [0.1, 0.15) is 6.29 Å². The minimum absolute atomic E-state index is 0.00550. The maximum atomic E-state index is 10.6. The van der Waals surface area contributed by atoms with E-state index in [2.05, 4.69) is 11.8 Å². The van der Waals surface area contributed by atoms with E-state index in [-0.39, 0.29) is 17.7 Å². The number of hydrogen-bond acceptors (Lipinski definition) is 4. The number of aldehydes is 2. The summed E-state index contributed by atoms with van der Waals surface area (Å²) in [6, 6.07) is 4.03. The molecule has 0 atom stereocenters. The van der Waals surface area contributed by atoms with Gasteiger partial charge in [-0.15, -0.1) is 0 Å². The molecule has 16 heavy (non-hydrogen) atoms. The molecule has 0 heterocycles. The average Bonchev–Trinajstić information content (AvgIpc) is 2.29. The smallest absolute Gasteiger partial charge is 0.281 e. The van der Waals surface area contributed by atoms with Gasteiger partial charge in [-0.3, -0.25) is 14.9 Å². The molecule has 0 bridgehead atoms. The van der Waals surface area contributed by atoms with Gasteiger partial charge >= 0.3 is 0 Å². The zero-order chi connectivity index (χ0) is 12.0. The molecule has 1 aromatic rings. The Labute approximate surface area is 91.2 Å². The third-order valence-electron chi connectivity index (χ3n) is 1.77. The minimum atomic E-state index is -0.644. The predicted octanol–water partition coefficient (Wildman–Crippen LogP) is 1.35. The average molecular weight is 217 g/mol. The Morgan fingerprint density at radius 1 is 1.38 bits per heavy atom. The van der Waals surface area contributed by atoms with Crippen LogP contribution in [-0.2, 0) is 4.79 Å². The number of rotatable bonds is 3. The Balaban J connectivity index is 3.13. The quantitative estimate of drug-likeness (QED) is 0.331. The van der Waals surface area contributed by atoms with Crippen LogP contribution in [0.2, 0.25) is 0 Å². The van der Waals surface area contributed by atoms with Gasteiger partial charge in [-0.25, -0.2) is 0 Å². The molecule has 80 valence electrons. The first-order chi connectivity index (χ1) is 7.69. The van der Waals surface area contributed by atoms with E-state index in [0.29, 0.717) is 18.1 Å². The van der Waals surface area contributed by atoms with Gasteiger partial charge in [0.2, 0.25) is 0 Å². The van der Waals surface area contributed by atoms with E-state index in [4.69, 9.17) is 0 Å². The Morgan fingerprint density at radius 3 is 2.69 bits per heavy atom. The topological polar surface area (TPSA) is 77.3 Å². The molecule has 0 aromatic heterocycles. The minimum Gasteiger partial charge on any atom is -0.302 e. The van der Waals surface area contributed by atoms with Crippen LogP contribution in [0.5, 0.6) is 0 Å². The van der Waals surface area contributed by atoms with E-state index in [1.807, 2.05) is 0 Å². The second-order valence-corrected chi connectivity index (χ2v) is 2.82. The number of carbonyl (C=O) groups is 2. The molecule has 0 aliphatic carbocycles. The molecule has 0 radical (unpaired) electrons. The lowest BCUT2D eigenvalue weighted by molar-refractivity contribution is -0.385. The summed E-state index contributed by atoms with van der Waals surface area (Å²) in [6.45, 7) is 0. The first-order valence-corrected chi connectivity index (χ1v) is 4.35. The van der Waals surface area contributed by atoms with Crippen LogP contribution in [0.4, 0.5) is 5.69 Å². The Hall–Kier alpha value is -2.48. The fraction of sp³-hybridized carbons (Fsp3) is 0.0909. The van der Waals surface area contributed by atoms with Gasteiger partial charge in [-0.1, -0.05) is 11.8 Å². The largest absolute Gasteiger partial charge is 0.302 e. The van der Waals surface area contributed by atoms with E-state index in [0.717, 1.165) is 0 Å². The summed E-state index contributed by atoms with van der Waals surface area (Å²) in [7, 11) is 0. The molecule has 0 N–H and O–H groups in total. The molecule has 0 spiro atoms. The number of nitrogens with zero attached hydrogens (tertiary/aromatic N) is 1. The molecule has 0 aliphatic rings. The second kappa shape index (κ2) is 5.41. The monoisotopic (exact) mass is 217 g/mol. The molecule has 0 amide bonds. The Morgan fingerprint density at radius 2 is 2.12 bits per heavy atom. The first kappa shape index (κ1) is 11.6. The molecule has 0 saturated carbocycles. The van der Waals surface area contributed by atoms with Crippen molar-refractivity contribution in [1.29, 1.82) is 0 Å². The van der Waals surface area contributed by atoms with Crippen LogP contribution in [0.3, 0.4) is 0 Å². The maximum Gasteiger partial charge on any atom is 0.281 e. The van der Waals surface area contributed by atoms with Crippen molar-refractivity contribution in [3.05, 3.63) is 39.4 Å². The van der Waals surface area contributed by atoms with Crippen molar-refractivity contribution >= 4 is 18.3 Å². The second-order valence-electron chi connectivity index (χ2n) is 2.82. The van der Waals surface area contributed by atoms with Crippen molar-refractivity contribution in [1.82, 2.24) is 0 Å². The molecule has 0 unspecified atom stereocenters. The number of nitro groups is 1. The van der Waals surface area contributed by atoms with Crippen molar-refractivity contribution in [3.8, 4) is 11.8 Å². The van der Waals surface area contributed by atoms with Crippen molar-refractivity contribution in [2.75, 3.05) is 0 Å². The van der Waals surface area contributed by atoms with Gasteiger partial charge in [-0.05, 0) is 12.1 Å². The fourth-order valence-corrected chi connectivity index (χ4v) is 1.07. The molecular formula is C11H7NO4. The Bertz CT molecular complexity index is 496. The molecular weight excluding hydrogens is 210 g/mol. The highest BCUT2D eigenvalue weighted by Crippen LogP contribution is 2.17. The number of nitro benzene ring substituents is 1. The Kier molecular flexibility index (Phi) is 3.92. The van der Waals surface area contributed by atoms with Gasteiger partial charge in [-0.2, -0.15) is 0 Å². The summed E-state index contributed by atoms with van der Waals surface area (Å²) in [6.07, 6.45) is 1.13. The molecule has 0 aliphatic heterocycles. The van der Waals surface area contributed by atoms with Crippen LogP contribution in [0.1, 0.15) is 22.3 Å². The summed E-state index contributed by atoms with van der Waals surface area (Å²) in [4.78, 5) is 30.5. The summed E-state index contributed by atoms with van der Waals surface area (Å²) >= 11 is 0. The molecule has 1 rings (SSSR count). The third kappa shape index (κ3) is 2.75. The van der Waals surface area contributed by atoms with Gasteiger partial charge in [0.15, 0.2) is 6.29 Å². The summed E-state index contributed by atoms with van der Waals surface area (Å²) < 4.78 is 0. The van der Waals surface area contributed by atoms with Crippen molar-refractivity contribution in [2.45, 2.75) is 6.42 Å². The standard InChI is InChI=1S/C11H7NO4/c13-6-2-1-3-9-4-5-10(8-14)11(7-9)12(15)16/h4-8H,2H2. The van der Waals surface area contributed by atoms with Crippen LogP contribution in [-0.4, -0.2) is 17.5 Å². The van der Waals surface area contributed by atoms with Crippen molar-refractivity contribution in [2.24, 2.45) is 0 Å². The van der Waals surface area contributed by atoms with Gasteiger partial charge in [0, 0.05) is 11.6 Å². The van der Waals surface area contributed by atoms with E-state index >= 15 is 0 Å². The van der Waals surface area contributed by atoms with Crippen molar-refractivity contribution in [3.63, 3.8) is 0 Å². The number of carbonyl (C=O) groups excluding carboxylic acids is 2. The predicted molar refractivity (Wildman–Crippen MR) is 56.0 cm³/mol. The zero-order valence-corrected chi connectivity index (χ0v) is 8.17. The van der Waals surface area contributed by atoms with Crippen LogP contribution in [0, 0.1) is 22.0 Å². The first-order valence-electron chi connectivity index (χ1n) is 4.35. The highest BCUT2D eigenvalue weighted by atomic mass is 16.6. The lowest BCUT2D eigenvalue weighted by atomic mass is 10.1. The van der Waals surface area contributed by atoms with Gasteiger partial charge in [0.25, 0.3) is 5.69 Å². The highest BCUT2D eigenvalue weighted by molar-refractivity contribution is 5.81. The molecule has 5 nitrogen and oxygen atoms in total. The highest BCUT2D eigenvalue weighted by Gasteiger charge is 2.12. The molecule has 5 heteroatoms. The maximum absolute atomic E-state index is 10.6. The fourth-order valence-electron chi connectivity index (χ4n) is 1.07. The van der Waals surface area contributed by atoms with E-state index in [1.165, 1.54) is 18.2 Å². The SMILES string of the molecule is O=CCC#Cc1ccc(C=O)c([N+](=O)[O-])c1. The van der Waals surface area contributed by atoms with Crippen LogP contribution < -0.4 is 0 Å². The van der Waals surface area contributed by atoms with Crippen LogP contribution >= 0.6 is 0 Å². The lowest BCUT2D eigenvalue weighted by Crippen LogP contribution is -1.94. The van der Waals surface area contributed by atoms with E-state index in [1.54, 1.807) is 0 Å². The van der Waals surface area contributed by atoms with Crippen LogP contribution in [0.15, 0.2) is 18.2 Å². The van der Waals surface area contributed by atoms with E-state index in [9.17, 15) is 19.7 Å². The molecule has 0 saturated heterocycles. The summed E-state index contributed by atoms with van der Waals surface area (Å²) in [5.74, 6) is 5.12. The number of benzene rings is 1. The third-order valence-corrected chi connectivity index (χ3v) is 1.77. The van der Waals surface area contributed by atoms with Gasteiger partial charge in [0.05, 0.1) is 16.9 Å². The molecule has 1 aromatic carbocycles. The molecule has 0 fully saturated rings. The lowest BCUT2D eigenvalue weighted by Gasteiger charge is -1.95. The normalized spacial score (nSPS) is 8.75. The van der Waals surface area contributed by atoms with Crippen LogP contribution in [0.25, 0.3) is 0 Å². The zero-order valence-electron chi connectivity index (χ0n) is 8.17. The summed E-state index contributed by atoms with van der Waals surface area (Å²) in [5, 5.41) is 10.6. The van der Waals surface area contributed by atoms with E-state index < -0.39 is 4.92 Å². The number of hydrogen-bond donors (Lipinski definition) is 0. The van der Waals surface area contributed by atoms with Crippen molar-refractivity contribution < 1.29 is 14.5 Å². The summed E-state index contributed by atoms with van der Waals surface area (Å²) in [5.41, 5.74) is 0.123. The van der Waals surface area contributed by atoms with Gasteiger partial charge < -0.3 is 4.79 Å².